The lowest BCUT2D eigenvalue weighted by atomic mass is 9.93. The fraction of sp³-hybridized carbons (Fsp3) is 0.867. The van der Waals surface area contributed by atoms with Gasteiger partial charge < -0.3 is 9.47 Å². The third-order valence-corrected chi connectivity index (χ3v) is 3.85. The lowest BCUT2D eigenvalue weighted by molar-refractivity contribution is -0.0234. The molecular weight excluding hydrogens is 212 g/mol. The van der Waals surface area contributed by atoms with Crippen molar-refractivity contribution >= 4 is 0 Å². The summed E-state index contributed by atoms with van der Waals surface area (Å²) in [5.74, 6) is 1.94. The Hall–Kier alpha value is -0.500. The third-order valence-electron chi connectivity index (χ3n) is 3.85. The standard InChI is InChI=1S/C15H26O2/c1-3-16-13-7-5-9-15(11-13)17-14-8-4-6-12(2)10-14/h10,12-13,15H,3-9,11H2,1-2H3. The molecule has 1 saturated carbocycles. The molecule has 3 atom stereocenters. The number of ether oxygens (including phenoxy) is 2. The van der Waals surface area contributed by atoms with Crippen LogP contribution in [0, 0.1) is 5.92 Å². The first kappa shape index (κ1) is 12.9. The smallest absolute Gasteiger partial charge is 0.101 e. The molecule has 2 rings (SSSR count). The SMILES string of the molecule is CCOC1CCCC(OC2=CC(C)CCC2)C1. The topological polar surface area (TPSA) is 18.5 Å². The average Bonchev–Trinajstić information content (AvgIpc) is 2.30. The molecule has 1 fully saturated rings. The minimum absolute atomic E-state index is 0.400. The van der Waals surface area contributed by atoms with Crippen LogP contribution < -0.4 is 0 Å². The zero-order chi connectivity index (χ0) is 12.1. The van der Waals surface area contributed by atoms with Crippen molar-refractivity contribution in [1.29, 1.82) is 0 Å². The van der Waals surface area contributed by atoms with Crippen LogP contribution in [0.4, 0.5) is 0 Å². The molecular formula is C15H26O2. The molecule has 0 N–H and O–H groups in total. The second kappa shape index (κ2) is 6.44. The highest BCUT2D eigenvalue weighted by Crippen LogP contribution is 2.29. The summed E-state index contributed by atoms with van der Waals surface area (Å²) in [6.45, 7) is 5.19. The molecule has 0 aromatic rings. The quantitative estimate of drug-likeness (QED) is 0.735. The van der Waals surface area contributed by atoms with E-state index in [2.05, 4.69) is 19.9 Å². The van der Waals surface area contributed by atoms with Crippen molar-refractivity contribution in [1.82, 2.24) is 0 Å². The third kappa shape index (κ3) is 4.02. The summed E-state index contributed by atoms with van der Waals surface area (Å²) in [5.41, 5.74) is 0. The van der Waals surface area contributed by atoms with Crippen molar-refractivity contribution in [3.63, 3.8) is 0 Å². The van der Waals surface area contributed by atoms with Crippen LogP contribution in [0.15, 0.2) is 11.8 Å². The molecule has 17 heavy (non-hydrogen) atoms. The molecule has 0 heterocycles. The Bertz CT molecular complexity index is 258. The molecule has 3 unspecified atom stereocenters. The lowest BCUT2D eigenvalue weighted by Gasteiger charge is -2.31. The van der Waals surface area contributed by atoms with Gasteiger partial charge in [-0.15, -0.1) is 0 Å². The van der Waals surface area contributed by atoms with E-state index in [4.69, 9.17) is 9.47 Å². The van der Waals surface area contributed by atoms with E-state index in [1.54, 1.807) is 0 Å². The summed E-state index contributed by atoms with van der Waals surface area (Å²) in [6, 6.07) is 0. The molecule has 0 amide bonds. The largest absolute Gasteiger partial charge is 0.495 e. The van der Waals surface area contributed by atoms with E-state index in [0.717, 1.165) is 19.4 Å². The van der Waals surface area contributed by atoms with Crippen LogP contribution in [0.5, 0.6) is 0 Å². The minimum atomic E-state index is 0.400. The van der Waals surface area contributed by atoms with Gasteiger partial charge >= 0.3 is 0 Å². The van der Waals surface area contributed by atoms with Gasteiger partial charge in [-0.1, -0.05) is 6.92 Å². The highest BCUT2D eigenvalue weighted by molar-refractivity contribution is 5.01. The van der Waals surface area contributed by atoms with Crippen LogP contribution in [-0.4, -0.2) is 18.8 Å². The fourth-order valence-electron chi connectivity index (χ4n) is 2.99. The molecule has 0 spiro atoms. The Labute approximate surface area is 105 Å². The lowest BCUT2D eigenvalue weighted by Crippen LogP contribution is -2.28. The van der Waals surface area contributed by atoms with Crippen molar-refractivity contribution in [3.8, 4) is 0 Å². The van der Waals surface area contributed by atoms with Gasteiger partial charge in [-0.3, -0.25) is 0 Å². The zero-order valence-electron chi connectivity index (χ0n) is 11.3. The molecule has 2 aliphatic carbocycles. The van der Waals surface area contributed by atoms with Gasteiger partial charge in [0.2, 0.25) is 0 Å². The van der Waals surface area contributed by atoms with Crippen LogP contribution in [0.1, 0.15) is 58.8 Å². The van der Waals surface area contributed by atoms with Crippen molar-refractivity contribution in [2.75, 3.05) is 6.61 Å². The molecule has 0 bridgehead atoms. The summed E-state index contributed by atoms with van der Waals surface area (Å²) in [5, 5.41) is 0. The van der Waals surface area contributed by atoms with Gasteiger partial charge in [0.1, 0.15) is 6.10 Å². The van der Waals surface area contributed by atoms with Gasteiger partial charge in [-0.25, -0.2) is 0 Å². The summed E-state index contributed by atoms with van der Waals surface area (Å²) in [4.78, 5) is 0. The summed E-state index contributed by atoms with van der Waals surface area (Å²) >= 11 is 0. The van der Waals surface area contributed by atoms with Crippen LogP contribution in [0.3, 0.4) is 0 Å². The molecule has 0 radical (unpaired) electrons. The van der Waals surface area contributed by atoms with E-state index in [1.807, 2.05) is 0 Å². The Morgan fingerprint density at radius 3 is 2.76 bits per heavy atom. The maximum atomic E-state index is 6.16. The molecule has 98 valence electrons. The van der Waals surface area contributed by atoms with E-state index in [0.29, 0.717) is 18.1 Å². The number of allylic oxidation sites excluding steroid dienone is 2. The van der Waals surface area contributed by atoms with Crippen molar-refractivity contribution in [2.24, 2.45) is 5.92 Å². The van der Waals surface area contributed by atoms with Crippen LogP contribution in [0.2, 0.25) is 0 Å². The van der Waals surface area contributed by atoms with Gasteiger partial charge in [-0.2, -0.15) is 0 Å². The van der Waals surface area contributed by atoms with E-state index < -0.39 is 0 Å². The predicted octanol–water partition coefficient (Wildman–Crippen LogP) is 4.05. The van der Waals surface area contributed by atoms with Gasteiger partial charge in [0.05, 0.1) is 11.9 Å². The van der Waals surface area contributed by atoms with Crippen LogP contribution in [-0.2, 0) is 9.47 Å². The first-order chi connectivity index (χ1) is 8.28. The van der Waals surface area contributed by atoms with Crippen molar-refractivity contribution in [3.05, 3.63) is 11.8 Å². The van der Waals surface area contributed by atoms with Crippen molar-refractivity contribution < 1.29 is 9.47 Å². The molecule has 0 aromatic carbocycles. The van der Waals surface area contributed by atoms with E-state index in [-0.39, 0.29) is 0 Å². The normalized spacial score (nSPS) is 34.2. The monoisotopic (exact) mass is 238 g/mol. The summed E-state index contributed by atoms with van der Waals surface area (Å²) in [7, 11) is 0. The minimum Gasteiger partial charge on any atom is -0.495 e. The van der Waals surface area contributed by atoms with Gasteiger partial charge in [0.15, 0.2) is 0 Å². The Kier molecular flexibility index (Phi) is 4.90. The van der Waals surface area contributed by atoms with E-state index in [9.17, 15) is 0 Å². The van der Waals surface area contributed by atoms with Crippen molar-refractivity contribution in [2.45, 2.75) is 71.0 Å². The van der Waals surface area contributed by atoms with Crippen LogP contribution in [0.25, 0.3) is 0 Å². The maximum Gasteiger partial charge on any atom is 0.101 e. The average molecular weight is 238 g/mol. The van der Waals surface area contributed by atoms with E-state index in [1.165, 1.54) is 37.9 Å². The number of rotatable bonds is 4. The van der Waals surface area contributed by atoms with Gasteiger partial charge in [0, 0.05) is 19.4 Å². The van der Waals surface area contributed by atoms with Crippen LogP contribution >= 0.6 is 0 Å². The van der Waals surface area contributed by atoms with Gasteiger partial charge in [-0.05, 0) is 51.0 Å². The Morgan fingerprint density at radius 1 is 1.18 bits per heavy atom. The van der Waals surface area contributed by atoms with E-state index >= 15 is 0 Å². The fourth-order valence-corrected chi connectivity index (χ4v) is 2.99. The molecule has 0 aromatic heterocycles. The molecule has 2 heteroatoms. The number of hydrogen-bond donors (Lipinski definition) is 0. The zero-order valence-corrected chi connectivity index (χ0v) is 11.3. The summed E-state index contributed by atoms with van der Waals surface area (Å²) < 4.78 is 11.9. The second-order valence-electron chi connectivity index (χ2n) is 5.49. The molecule has 0 saturated heterocycles. The molecule has 2 nitrogen and oxygen atoms in total. The Balaban J connectivity index is 1.81. The highest BCUT2D eigenvalue weighted by Gasteiger charge is 2.24. The number of hydrogen-bond acceptors (Lipinski definition) is 2. The second-order valence-corrected chi connectivity index (χ2v) is 5.49. The highest BCUT2D eigenvalue weighted by atomic mass is 16.5. The first-order valence-electron chi connectivity index (χ1n) is 7.27. The Morgan fingerprint density at radius 2 is 2.00 bits per heavy atom. The first-order valence-corrected chi connectivity index (χ1v) is 7.27. The van der Waals surface area contributed by atoms with Gasteiger partial charge in [0.25, 0.3) is 0 Å². The molecule has 0 aliphatic heterocycles. The summed E-state index contributed by atoms with van der Waals surface area (Å²) in [6.07, 6.45) is 11.6. The predicted molar refractivity (Wildman–Crippen MR) is 69.9 cm³/mol. The molecule has 2 aliphatic rings. The maximum absolute atomic E-state index is 6.16.